The summed E-state index contributed by atoms with van der Waals surface area (Å²) < 4.78 is 37.8. The van der Waals surface area contributed by atoms with Crippen molar-refractivity contribution in [1.29, 1.82) is 0 Å². The van der Waals surface area contributed by atoms with Crippen LogP contribution in [0.5, 0.6) is 0 Å². The summed E-state index contributed by atoms with van der Waals surface area (Å²) in [4.78, 5) is 13.3. The monoisotopic (exact) mass is 321 g/mol. The van der Waals surface area contributed by atoms with Crippen molar-refractivity contribution < 1.29 is 23.1 Å². The summed E-state index contributed by atoms with van der Waals surface area (Å²) in [5, 5.41) is 9.31. The van der Waals surface area contributed by atoms with Crippen LogP contribution >= 0.6 is 0 Å². The van der Waals surface area contributed by atoms with E-state index in [9.17, 15) is 23.1 Å². The summed E-state index contributed by atoms with van der Waals surface area (Å²) in [5.41, 5.74) is 1.88. The van der Waals surface area contributed by atoms with Crippen LogP contribution in [-0.2, 0) is 19.1 Å². The number of aromatic carboxylic acids is 1. The van der Waals surface area contributed by atoms with E-state index in [1.807, 2.05) is 11.0 Å². The smallest absolute Gasteiger partial charge is 0.416 e. The van der Waals surface area contributed by atoms with Gasteiger partial charge in [0.15, 0.2) is 0 Å². The third kappa shape index (κ3) is 3.02. The van der Waals surface area contributed by atoms with E-state index in [0.29, 0.717) is 24.3 Å². The number of carboxylic acids is 1. The summed E-state index contributed by atoms with van der Waals surface area (Å²) in [5.74, 6) is -0.999. The van der Waals surface area contributed by atoms with E-state index in [1.54, 1.807) is 12.1 Å². The van der Waals surface area contributed by atoms with Gasteiger partial charge in [0.1, 0.15) is 0 Å². The number of alkyl halides is 3. The van der Waals surface area contributed by atoms with Crippen LogP contribution in [0.25, 0.3) is 0 Å². The highest BCUT2D eigenvalue weighted by Gasteiger charge is 2.30. The molecule has 0 aromatic heterocycles. The molecule has 0 atom stereocenters. The fourth-order valence-corrected chi connectivity index (χ4v) is 2.88. The first-order valence-electron chi connectivity index (χ1n) is 7.12. The van der Waals surface area contributed by atoms with Crippen LogP contribution < -0.4 is 4.90 Å². The average molecular weight is 321 g/mol. The molecule has 1 N–H and O–H groups in total. The Morgan fingerprint density at radius 3 is 2.43 bits per heavy atom. The molecule has 0 saturated carbocycles. The van der Waals surface area contributed by atoms with Gasteiger partial charge in [0.25, 0.3) is 0 Å². The number of carboxylic acid groups (broad SMARTS) is 1. The molecule has 0 bridgehead atoms. The van der Waals surface area contributed by atoms with Crippen LogP contribution in [0.3, 0.4) is 0 Å². The lowest BCUT2D eigenvalue weighted by molar-refractivity contribution is -0.137. The van der Waals surface area contributed by atoms with Crippen LogP contribution in [0.15, 0.2) is 42.5 Å². The van der Waals surface area contributed by atoms with Crippen LogP contribution in [0, 0.1) is 0 Å². The Hall–Kier alpha value is -2.50. The second-order valence-electron chi connectivity index (χ2n) is 5.48. The van der Waals surface area contributed by atoms with Gasteiger partial charge in [0, 0.05) is 13.1 Å². The van der Waals surface area contributed by atoms with Crippen LogP contribution in [0.2, 0.25) is 0 Å². The van der Waals surface area contributed by atoms with Crippen molar-refractivity contribution in [1.82, 2.24) is 0 Å². The number of anilines is 1. The lowest BCUT2D eigenvalue weighted by Gasteiger charge is -2.21. The van der Waals surface area contributed by atoms with Crippen molar-refractivity contribution in [3.63, 3.8) is 0 Å². The van der Waals surface area contributed by atoms with Gasteiger partial charge in [-0.1, -0.05) is 24.3 Å². The Bertz CT molecular complexity index is 738. The summed E-state index contributed by atoms with van der Waals surface area (Å²) in [6, 6.07) is 10.1. The zero-order chi connectivity index (χ0) is 16.6. The third-order valence-electron chi connectivity index (χ3n) is 3.97. The van der Waals surface area contributed by atoms with E-state index in [4.69, 9.17) is 0 Å². The number of hydrogen-bond acceptors (Lipinski definition) is 2. The standard InChI is InChI=1S/C17H14F3NO2/c18-17(19,20)13-6-4-11(5-7-13)10-21-9-8-12-2-1-3-14(15(12)21)16(22)23/h1-7H,8-10H2,(H,22,23). The number of carbonyl (C=O) groups is 1. The van der Waals surface area contributed by atoms with E-state index in [-0.39, 0.29) is 5.56 Å². The van der Waals surface area contributed by atoms with Gasteiger partial charge in [-0.25, -0.2) is 4.79 Å². The van der Waals surface area contributed by atoms with Crippen LogP contribution in [-0.4, -0.2) is 17.6 Å². The maximum atomic E-state index is 12.6. The molecule has 1 aliphatic rings. The number of fused-ring (bicyclic) bond motifs is 1. The second kappa shape index (κ2) is 5.61. The largest absolute Gasteiger partial charge is 0.478 e. The van der Waals surface area contributed by atoms with Crippen molar-refractivity contribution in [3.8, 4) is 0 Å². The molecule has 0 amide bonds. The number of halogens is 3. The van der Waals surface area contributed by atoms with Gasteiger partial charge in [0.05, 0.1) is 16.8 Å². The first kappa shape index (κ1) is 15.4. The van der Waals surface area contributed by atoms with Gasteiger partial charge in [0.2, 0.25) is 0 Å². The molecular weight excluding hydrogens is 307 g/mol. The van der Waals surface area contributed by atoms with Gasteiger partial charge >= 0.3 is 12.1 Å². The van der Waals surface area contributed by atoms with Gasteiger partial charge in [-0.3, -0.25) is 0 Å². The molecule has 120 valence electrons. The highest BCUT2D eigenvalue weighted by molar-refractivity contribution is 5.96. The van der Waals surface area contributed by atoms with E-state index in [1.165, 1.54) is 12.1 Å². The highest BCUT2D eigenvalue weighted by atomic mass is 19.4. The Kier molecular flexibility index (Phi) is 3.75. The summed E-state index contributed by atoms with van der Waals surface area (Å²) in [6.07, 6.45) is -3.62. The SMILES string of the molecule is O=C(O)c1cccc2c1N(Cc1ccc(C(F)(F)F)cc1)CC2. The molecule has 3 rings (SSSR count). The number of benzene rings is 2. The number of nitrogens with zero attached hydrogens (tertiary/aromatic N) is 1. The molecule has 3 nitrogen and oxygen atoms in total. The van der Waals surface area contributed by atoms with E-state index in [0.717, 1.165) is 24.1 Å². The molecule has 0 radical (unpaired) electrons. The molecule has 1 heterocycles. The van der Waals surface area contributed by atoms with E-state index >= 15 is 0 Å². The lowest BCUT2D eigenvalue weighted by atomic mass is 10.1. The Morgan fingerprint density at radius 1 is 1.13 bits per heavy atom. The van der Waals surface area contributed by atoms with Gasteiger partial charge in [-0.15, -0.1) is 0 Å². The van der Waals surface area contributed by atoms with E-state index < -0.39 is 17.7 Å². The van der Waals surface area contributed by atoms with Gasteiger partial charge in [-0.05, 0) is 35.7 Å². The molecule has 0 saturated heterocycles. The Morgan fingerprint density at radius 2 is 1.83 bits per heavy atom. The van der Waals surface area contributed by atoms with Crippen molar-refractivity contribution in [2.24, 2.45) is 0 Å². The Balaban J connectivity index is 1.86. The minimum atomic E-state index is -4.35. The topological polar surface area (TPSA) is 40.5 Å². The lowest BCUT2D eigenvalue weighted by Crippen LogP contribution is -2.21. The van der Waals surface area contributed by atoms with Crippen LogP contribution in [0.1, 0.15) is 27.0 Å². The molecule has 1 aliphatic heterocycles. The minimum Gasteiger partial charge on any atom is -0.478 e. The normalized spacial score (nSPS) is 14.0. The zero-order valence-electron chi connectivity index (χ0n) is 12.1. The fraction of sp³-hybridized carbons (Fsp3) is 0.235. The predicted octanol–water partition coefficient (Wildman–Crippen LogP) is 3.97. The number of hydrogen-bond donors (Lipinski definition) is 1. The first-order valence-corrected chi connectivity index (χ1v) is 7.12. The maximum absolute atomic E-state index is 12.6. The summed E-state index contributed by atoms with van der Waals surface area (Å²) in [6.45, 7) is 1.04. The highest BCUT2D eigenvalue weighted by Crippen LogP contribution is 2.34. The predicted molar refractivity (Wildman–Crippen MR) is 79.6 cm³/mol. The molecule has 2 aromatic carbocycles. The molecule has 0 fully saturated rings. The van der Waals surface area contributed by atoms with Gasteiger partial charge in [-0.2, -0.15) is 13.2 Å². The van der Waals surface area contributed by atoms with Crippen molar-refractivity contribution in [2.75, 3.05) is 11.4 Å². The van der Waals surface area contributed by atoms with E-state index in [2.05, 4.69) is 0 Å². The molecule has 2 aromatic rings. The number of rotatable bonds is 3. The van der Waals surface area contributed by atoms with Crippen molar-refractivity contribution in [3.05, 3.63) is 64.7 Å². The molecule has 0 aliphatic carbocycles. The number of para-hydroxylation sites is 1. The minimum absolute atomic E-state index is 0.229. The van der Waals surface area contributed by atoms with Crippen LogP contribution in [0.4, 0.5) is 18.9 Å². The zero-order valence-corrected chi connectivity index (χ0v) is 12.1. The Labute approximate surface area is 131 Å². The van der Waals surface area contributed by atoms with Crippen molar-refractivity contribution >= 4 is 11.7 Å². The molecule has 23 heavy (non-hydrogen) atoms. The average Bonchev–Trinajstić information content (AvgIpc) is 2.90. The van der Waals surface area contributed by atoms with Gasteiger partial charge < -0.3 is 10.0 Å². The molecule has 0 spiro atoms. The summed E-state index contributed by atoms with van der Waals surface area (Å²) >= 11 is 0. The molecule has 6 heteroatoms. The molecular formula is C17H14F3NO2. The fourth-order valence-electron chi connectivity index (χ4n) is 2.88. The third-order valence-corrected chi connectivity index (χ3v) is 3.97. The molecule has 0 unspecified atom stereocenters. The van der Waals surface area contributed by atoms with Crippen molar-refractivity contribution in [2.45, 2.75) is 19.1 Å². The second-order valence-corrected chi connectivity index (χ2v) is 5.48. The first-order chi connectivity index (χ1) is 10.9. The quantitative estimate of drug-likeness (QED) is 0.930. The summed E-state index contributed by atoms with van der Waals surface area (Å²) in [7, 11) is 0. The maximum Gasteiger partial charge on any atom is 0.416 e.